The molecule has 1 aromatic rings. The topological polar surface area (TPSA) is 60.0 Å². The molecule has 2 rings (SSSR count). The van der Waals surface area contributed by atoms with Crippen LogP contribution in [0, 0.1) is 0 Å². The highest BCUT2D eigenvalue weighted by molar-refractivity contribution is 5.81. The fourth-order valence-electron chi connectivity index (χ4n) is 3.25. The van der Waals surface area contributed by atoms with Crippen molar-refractivity contribution in [2.45, 2.75) is 51.7 Å². The summed E-state index contributed by atoms with van der Waals surface area (Å²) in [6, 6.07) is 11.3. The van der Waals surface area contributed by atoms with E-state index < -0.39 is 0 Å². The minimum absolute atomic E-state index is 0.227. The summed E-state index contributed by atoms with van der Waals surface area (Å²) in [7, 11) is 4.03. The number of amides is 1. The van der Waals surface area contributed by atoms with Gasteiger partial charge in [-0.15, -0.1) is 0 Å². The summed E-state index contributed by atoms with van der Waals surface area (Å²) < 4.78 is 0. The predicted octanol–water partition coefficient (Wildman–Crippen LogP) is 2.07. The Morgan fingerprint density at radius 3 is 2.78 bits per heavy atom. The van der Waals surface area contributed by atoms with Crippen LogP contribution in [0.5, 0.6) is 0 Å². The molecule has 0 aromatic heterocycles. The Bertz CT molecular complexity index is 604. The van der Waals surface area contributed by atoms with E-state index in [-0.39, 0.29) is 11.9 Å². The number of hydrogen-bond donors (Lipinski definition) is 2. The quantitative estimate of drug-likeness (QED) is 0.541. The van der Waals surface area contributed by atoms with Gasteiger partial charge >= 0.3 is 0 Å². The van der Waals surface area contributed by atoms with E-state index in [1.807, 2.05) is 7.05 Å². The molecule has 1 aromatic carbocycles. The van der Waals surface area contributed by atoms with Crippen molar-refractivity contribution in [3.63, 3.8) is 0 Å². The number of guanidine groups is 1. The molecule has 0 bridgehead atoms. The lowest BCUT2D eigenvalue weighted by Crippen LogP contribution is -2.51. The van der Waals surface area contributed by atoms with Crippen molar-refractivity contribution >= 4 is 11.9 Å². The van der Waals surface area contributed by atoms with E-state index >= 15 is 0 Å². The molecule has 2 N–H and O–H groups in total. The molecule has 1 amide bonds. The number of rotatable bonds is 8. The van der Waals surface area contributed by atoms with Gasteiger partial charge in [0.1, 0.15) is 0 Å². The molecule has 0 aliphatic carbocycles. The van der Waals surface area contributed by atoms with Gasteiger partial charge in [0, 0.05) is 51.7 Å². The average Bonchev–Trinajstić information content (AvgIpc) is 2.65. The first-order chi connectivity index (χ1) is 13.0. The third-order valence-electron chi connectivity index (χ3n) is 5.16. The fourth-order valence-corrected chi connectivity index (χ4v) is 3.25. The second-order valence-corrected chi connectivity index (χ2v) is 7.45. The van der Waals surface area contributed by atoms with Gasteiger partial charge in [0.05, 0.1) is 0 Å². The van der Waals surface area contributed by atoms with Crippen LogP contribution in [0.4, 0.5) is 0 Å². The normalized spacial score (nSPS) is 19.3. The van der Waals surface area contributed by atoms with Gasteiger partial charge in [-0.2, -0.15) is 0 Å². The summed E-state index contributed by atoms with van der Waals surface area (Å²) in [5, 5.41) is 6.80. The molecule has 1 heterocycles. The maximum atomic E-state index is 11.6. The summed E-state index contributed by atoms with van der Waals surface area (Å²) in [6.45, 7) is 7.62. The third-order valence-corrected chi connectivity index (χ3v) is 5.16. The zero-order chi connectivity index (χ0) is 19.6. The third kappa shape index (κ3) is 7.21. The van der Waals surface area contributed by atoms with Crippen molar-refractivity contribution in [3.8, 4) is 0 Å². The number of nitrogens with zero attached hydrogens (tertiary/aromatic N) is 3. The Hall–Kier alpha value is -2.08. The molecule has 0 saturated carbocycles. The molecule has 150 valence electrons. The van der Waals surface area contributed by atoms with Gasteiger partial charge in [-0.1, -0.05) is 30.3 Å². The van der Waals surface area contributed by atoms with Gasteiger partial charge in [0.2, 0.25) is 5.91 Å². The lowest BCUT2D eigenvalue weighted by Gasteiger charge is -2.31. The molecular formula is C21H35N5O. The highest BCUT2D eigenvalue weighted by Crippen LogP contribution is 2.10. The number of piperidine rings is 1. The molecule has 1 aliphatic rings. The van der Waals surface area contributed by atoms with Crippen LogP contribution in [0.15, 0.2) is 35.3 Å². The molecule has 6 heteroatoms. The molecule has 27 heavy (non-hydrogen) atoms. The van der Waals surface area contributed by atoms with E-state index in [2.05, 4.69) is 66.8 Å². The Kier molecular flexibility index (Phi) is 8.58. The van der Waals surface area contributed by atoms with Gasteiger partial charge in [-0.3, -0.25) is 14.7 Å². The van der Waals surface area contributed by atoms with Crippen LogP contribution >= 0.6 is 0 Å². The zero-order valence-electron chi connectivity index (χ0n) is 17.2. The maximum absolute atomic E-state index is 11.6. The minimum Gasteiger partial charge on any atom is -0.357 e. The second kappa shape index (κ2) is 10.9. The molecule has 2 unspecified atom stereocenters. The number of benzene rings is 1. The van der Waals surface area contributed by atoms with Crippen molar-refractivity contribution < 1.29 is 4.79 Å². The standard InChI is InChI=1S/C21H35N5O/c1-5-22-21(24-19-11-12-20(27)26(4)16-19)23-14-13-17(2)25(3)15-18-9-7-6-8-10-18/h6-10,17,19H,5,11-16H2,1-4H3,(H2,22,23,24). The number of carbonyl (C=O) groups excluding carboxylic acids is 1. The summed E-state index contributed by atoms with van der Waals surface area (Å²) in [5.41, 5.74) is 1.33. The van der Waals surface area contributed by atoms with Gasteiger partial charge in [-0.05, 0) is 39.3 Å². The molecule has 1 saturated heterocycles. The van der Waals surface area contributed by atoms with E-state index in [1.165, 1.54) is 5.56 Å². The highest BCUT2D eigenvalue weighted by atomic mass is 16.2. The number of likely N-dealkylation sites (N-methyl/N-ethyl adjacent to an activating group) is 1. The summed E-state index contributed by atoms with van der Waals surface area (Å²) in [6.07, 6.45) is 2.47. The van der Waals surface area contributed by atoms with E-state index in [4.69, 9.17) is 4.99 Å². The van der Waals surface area contributed by atoms with E-state index in [9.17, 15) is 4.79 Å². The van der Waals surface area contributed by atoms with E-state index in [0.29, 0.717) is 12.5 Å². The monoisotopic (exact) mass is 373 g/mol. The molecule has 6 nitrogen and oxygen atoms in total. The SMILES string of the molecule is CCNC(=NCCC(C)N(C)Cc1ccccc1)NC1CCC(=O)N(C)C1. The molecule has 1 fully saturated rings. The maximum Gasteiger partial charge on any atom is 0.222 e. The van der Waals surface area contributed by atoms with E-state index in [0.717, 1.165) is 45.0 Å². The average molecular weight is 374 g/mol. The van der Waals surface area contributed by atoms with Crippen LogP contribution in [-0.2, 0) is 11.3 Å². The first-order valence-electron chi connectivity index (χ1n) is 10.0. The molecule has 2 atom stereocenters. The Morgan fingerprint density at radius 2 is 2.11 bits per heavy atom. The lowest BCUT2D eigenvalue weighted by atomic mass is 10.1. The van der Waals surface area contributed by atoms with Crippen molar-refractivity contribution in [1.82, 2.24) is 20.4 Å². The van der Waals surface area contributed by atoms with Gasteiger partial charge in [0.15, 0.2) is 5.96 Å². The van der Waals surface area contributed by atoms with Gasteiger partial charge in [0.25, 0.3) is 0 Å². The van der Waals surface area contributed by atoms with Crippen LogP contribution in [0.25, 0.3) is 0 Å². The van der Waals surface area contributed by atoms with Crippen LogP contribution in [0.3, 0.4) is 0 Å². The summed E-state index contributed by atoms with van der Waals surface area (Å²) >= 11 is 0. The lowest BCUT2D eigenvalue weighted by molar-refractivity contribution is -0.132. The molecular weight excluding hydrogens is 338 g/mol. The van der Waals surface area contributed by atoms with Crippen molar-refractivity contribution in [2.75, 3.05) is 33.7 Å². The molecule has 1 aliphatic heterocycles. The number of carbonyl (C=O) groups is 1. The Balaban J connectivity index is 1.80. The van der Waals surface area contributed by atoms with E-state index in [1.54, 1.807) is 4.90 Å². The van der Waals surface area contributed by atoms with Crippen molar-refractivity contribution in [3.05, 3.63) is 35.9 Å². The predicted molar refractivity (Wildman–Crippen MR) is 112 cm³/mol. The molecule has 0 spiro atoms. The van der Waals surface area contributed by atoms with Crippen LogP contribution < -0.4 is 10.6 Å². The molecule has 0 radical (unpaired) electrons. The Morgan fingerprint density at radius 1 is 1.37 bits per heavy atom. The first-order valence-corrected chi connectivity index (χ1v) is 10.0. The second-order valence-electron chi connectivity index (χ2n) is 7.45. The number of aliphatic imine (C=N–C) groups is 1. The first kappa shape index (κ1) is 21.2. The summed E-state index contributed by atoms with van der Waals surface area (Å²) in [4.78, 5) is 20.6. The smallest absolute Gasteiger partial charge is 0.222 e. The number of likely N-dealkylation sites (tertiary alicyclic amines) is 1. The number of nitrogens with one attached hydrogen (secondary N) is 2. The van der Waals surface area contributed by atoms with Crippen molar-refractivity contribution in [1.29, 1.82) is 0 Å². The van der Waals surface area contributed by atoms with Gasteiger partial charge < -0.3 is 15.5 Å². The highest BCUT2D eigenvalue weighted by Gasteiger charge is 2.23. The van der Waals surface area contributed by atoms with Crippen LogP contribution in [-0.4, -0.2) is 67.5 Å². The van der Waals surface area contributed by atoms with Crippen LogP contribution in [0.2, 0.25) is 0 Å². The number of hydrogen-bond acceptors (Lipinski definition) is 3. The van der Waals surface area contributed by atoms with Gasteiger partial charge in [-0.25, -0.2) is 0 Å². The largest absolute Gasteiger partial charge is 0.357 e. The van der Waals surface area contributed by atoms with Crippen LogP contribution in [0.1, 0.15) is 38.7 Å². The fraction of sp³-hybridized carbons (Fsp3) is 0.619. The van der Waals surface area contributed by atoms with Crippen molar-refractivity contribution in [2.24, 2.45) is 4.99 Å². The Labute approximate surface area is 164 Å². The minimum atomic E-state index is 0.227. The summed E-state index contributed by atoms with van der Waals surface area (Å²) in [5.74, 6) is 1.08. The zero-order valence-corrected chi connectivity index (χ0v) is 17.2.